The van der Waals surface area contributed by atoms with Crippen molar-refractivity contribution >= 4 is 17.9 Å². The molecule has 1 aliphatic rings. The Morgan fingerprint density at radius 2 is 2.00 bits per heavy atom. The van der Waals surface area contributed by atoms with Gasteiger partial charge in [-0.3, -0.25) is 9.59 Å². The first-order valence-corrected chi connectivity index (χ1v) is 7.01. The number of urea groups is 1. The lowest BCUT2D eigenvalue weighted by molar-refractivity contribution is -0.143. The predicted molar refractivity (Wildman–Crippen MR) is 73.2 cm³/mol. The van der Waals surface area contributed by atoms with Gasteiger partial charge in [-0.15, -0.1) is 0 Å². The van der Waals surface area contributed by atoms with Crippen LogP contribution in [-0.4, -0.2) is 41.6 Å². The van der Waals surface area contributed by atoms with Gasteiger partial charge in [0, 0.05) is 12.6 Å². The number of hydrogen-bond donors (Lipinski definition) is 4. The second kappa shape index (κ2) is 7.72. The Labute approximate surface area is 118 Å². The van der Waals surface area contributed by atoms with Crippen LogP contribution >= 0.6 is 0 Å². The minimum atomic E-state index is -0.812. The average Bonchev–Trinajstić information content (AvgIpc) is 2.39. The number of amides is 3. The summed E-state index contributed by atoms with van der Waals surface area (Å²) in [4.78, 5) is 34.2. The van der Waals surface area contributed by atoms with Gasteiger partial charge in [-0.25, -0.2) is 4.79 Å². The van der Waals surface area contributed by atoms with Crippen molar-refractivity contribution in [2.45, 2.75) is 51.6 Å². The van der Waals surface area contributed by atoms with Gasteiger partial charge in [0.15, 0.2) is 0 Å². The summed E-state index contributed by atoms with van der Waals surface area (Å²) in [5.41, 5.74) is 0. The molecule has 0 saturated heterocycles. The van der Waals surface area contributed by atoms with Crippen LogP contribution in [0.4, 0.5) is 4.79 Å². The predicted octanol–water partition coefficient (Wildman–Crippen LogP) is 0.454. The third-order valence-corrected chi connectivity index (χ3v) is 3.45. The number of hydrogen-bond acceptors (Lipinski definition) is 3. The van der Waals surface area contributed by atoms with E-state index in [0.717, 1.165) is 12.8 Å². The Kier molecular flexibility index (Phi) is 6.27. The Balaban J connectivity index is 2.38. The monoisotopic (exact) mass is 285 g/mol. The van der Waals surface area contributed by atoms with E-state index in [9.17, 15) is 14.4 Å². The van der Waals surface area contributed by atoms with E-state index in [1.54, 1.807) is 13.8 Å². The largest absolute Gasteiger partial charge is 0.481 e. The zero-order valence-electron chi connectivity index (χ0n) is 11.9. The maximum atomic E-state index is 11.8. The smallest absolute Gasteiger partial charge is 0.315 e. The number of rotatable bonds is 5. The molecule has 4 N–H and O–H groups in total. The fourth-order valence-electron chi connectivity index (χ4n) is 2.36. The van der Waals surface area contributed by atoms with Crippen LogP contribution in [0.5, 0.6) is 0 Å². The van der Waals surface area contributed by atoms with Gasteiger partial charge in [-0.05, 0) is 33.1 Å². The molecule has 0 radical (unpaired) electrons. The summed E-state index contributed by atoms with van der Waals surface area (Å²) >= 11 is 0. The normalized spacial score (nSPS) is 23.5. The van der Waals surface area contributed by atoms with Gasteiger partial charge in [0.2, 0.25) is 5.91 Å². The van der Waals surface area contributed by atoms with E-state index in [2.05, 4.69) is 16.0 Å². The quantitative estimate of drug-likeness (QED) is 0.588. The molecule has 3 amide bonds. The number of carbonyl (C=O) groups excluding carboxylic acids is 2. The molecule has 114 valence electrons. The van der Waals surface area contributed by atoms with Gasteiger partial charge in [0.25, 0.3) is 0 Å². The zero-order chi connectivity index (χ0) is 15.1. The van der Waals surface area contributed by atoms with Crippen molar-refractivity contribution in [3.63, 3.8) is 0 Å². The SMILES string of the molecule is CCNC(=O)C(C)NC(=O)NC1CCCC(C(=O)O)C1. The van der Waals surface area contributed by atoms with E-state index in [4.69, 9.17) is 5.11 Å². The topological polar surface area (TPSA) is 108 Å². The molecule has 7 nitrogen and oxygen atoms in total. The minimum absolute atomic E-state index is 0.147. The van der Waals surface area contributed by atoms with E-state index in [1.165, 1.54) is 0 Å². The molecular formula is C13H23N3O4. The summed E-state index contributed by atoms with van der Waals surface area (Å²) in [5, 5.41) is 16.9. The summed E-state index contributed by atoms with van der Waals surface area (Å²) < 4.78 is 0. The van der Waals surface area contributed by atoms with Crippen molar-refractivity contribution in [1.29, 1.82) is 0 Å². The fourth-order valence-corrected chi connectivity index (χ4v) is 2.36. The van der Waals surface area contributed by atoms with Crippen molar-refractivity contribution in [2.24, 2.45) is 5.92 Å². The molecule has 7 heteroatoms. The van der Waals surface area contributed by atoms with Crippen LogP contribution in [0.15, 0.2) is 0 Å². The van der Waals surface area contributed by atoms with Crippen LogP contribution in [0.1, 0.15) is 39.5 Å². The molecule has 3 unspecified atom stereocenters. The molecule has 0 aromatic heterocycles. The molecular weight excluding hydrogens is 262 g/mol. The Hall–Kier alpha value is -1.79. The molecule has 0 spiro atoms. The summed E-state index contributed by atoms with van der Waals surface area (Å²) in [6.45, 7) is 3.92. The molecule has 20 heavy (non-hydrogen) atoms. The van der Waals surface area contributed by atoms with Crippen LogP contribution in [0.3, 0.4) is 0 Å². The lowest BCUT2D eigenvalue weighted by atomic mass is 9.86. The van der Waals surface area contributed by atoms with Crippen molar-refractivity contribution in [3.8, 4) is 0 Å². The van der Waals surface area contributed by atoms with Gasteiger partial charge in [-0.2, -0.15) is 0 Å². The maximum Gasteiger partial charge on any atom is 0.315 e. The lowest BCUT2D eigenvalue weighted by Crippen LogP contribution is -2.51. The number of carboxylic acids is 1. The first-order chi connectivity index (χ1) is 9.43. The fraction of sp³-hybridized carbons (Fsp3) is 0.769. The van der Waals surface area contributed by atoms with E-state index in [0.29, 0.717) is 19.4 Å². The molecule has 0 heterocycles. The molecule has 3 atom stereocenters. The van der Waals surface area contributed by atoms with Crippen LogP contribution < -0.4 is 16.0 Å². The Morgan fingerprint density at radius 1 is 1.30 bits per heavy atom. The van der Waals surface area contributed by atoms with Crippen LogP contribution in [0.25, 0.3) is 0 Å². The van der Waals surface area contributed by atoms with Gasteiger partial charge in [0.05, 0.1) is 5.92 Å². The van der Waals surface area contributed by atoms with E-state index in [-0.39, 0.29) is 11.9 Å². The number of carbonyl (C=O) groups is 3. The highest BCUT2D eigenvalue weighted by molar-refractivity contribution is 5.86. The Bertz CT molecular complexity index is 373. The van der Waals surface area contributed by atoms with Crippen molar-refractivity contribution in [3.05, 3.63) is 0 Å². The third-order valence-electron chi connectivity index (χ3n) is 3.45. The molecule has 1 rings (SSSR count). The summed E-state index contributed by atoms with van der Waals surface area (Å²) in [7, 11) is 0. The third kappa shape index (κ3) is 5.07. The van der Waals surface area contributed by atoms with Crippen LogP contribution in [-0.2, 0) is 9.59 Å². The second-order valence-electron chi connectivity index (χ2n) is 5.13. The van der Waals surface area contributed by atoms with Crippen molar-refractivity contribution in [2.75, 3.05) is 6.54 Å². The number of aliphatic carboxylic acids is 1. The van der Waals surface area contributed by atoms with E-state index in [1.807, 2.05) is 0 Å². The number of nitrogens with one attached hydrogen (secondary N) is 3. The summed E-state index contributed by atoms with van der Waals surface area (Å²) in [6, 6.07) is -1.19. The summed E-state index contributed by atoms with van der Waals surface area (Å²) in [6.07, 6.45) is 2.66. The van der Waals surface area contributed by atoms with Crippen LogP contribution in [0, 0.1) is 5.92 Å². The Morgan fingerprint density at radius 3 is 2.60 bits per heavy atom. The minimum Gasteiger partial charge on any atom is -0.481 e. The molecule has 1 saturated carbocycles. The first-order valence-electron chi connectivity index (χ1n) is 7.01. The van der Waals surface area contributed by atoms with Crippen molar-refractivity contribution < 1.29 is 19.5 Å². The van der Waals surface area contributed by atoms with Crippen LogP contribution in [0.2, 0.25) is 0 Å². The average molecular weight is 285 g/mol. The maximum absolute atomic E-state index is 11.8. The number of likely N-dealkylation sites (N-methyl/N-ethyl adjacent to an activating group) is 1. The second-order valence-corrected chi connectivity index (χ2v) is 5.13. The summed E-state index contributed by atoms with van der Waals surface area (Å²) in [5.74, 6) is -1.45. The standard InChI is InChI=1S/C13H23N3O4/c1-3-14-11(17)8(2)15-13(20)16-10-6-4-5-9(7-10)12(18)19/h8-10H,3-7H2,1-2H3,(H,14,17)(H,18,19)(H2,15,16,20). The highest BCUT2D eigenvalue weighted by atomic mass is 16.4. The zero-order valence-corrected chi connectivity index (χ0v) is 11.9. The number of carboxylic acid groups (broad SMARTS) is 1. The molecule has 0 aromatic carbocycles. The molecule has 0 bridgehead atoms. The van der Waals surface area contributed by atoms with Crippen molar-refractivity contribution in [1.82, 2.24) is 16.0 Å². The molecule has 1 fully saturated rings. The highest BCUT2D eigenvalue weighted by Gasteiger charge is 2.28. The lowest BCUT2D eigenvalue weighted by Gasteiger charge is -2.27. The van der Waals surface area contributed by atoms with Gasteiger partial charge in [0.1, 0.15) is 6.04 Å². The van der Waals surface area contributed by atoms with Gasteiger partial charge >= 0.3 is 12.0 Å². The van der Waals surface area contributed by atoms with Gasteiger partial charge < -0.3 is 21.1 Å². The van der Waals surface area contributed by atoms with E-state index >= 15 is 0 Å². The molecule has 0 aromatic rings. The first kappa shape index (κ1) is 16.3. The van der Waals surface area contributed by atoms with Gasteiger partial charge in [-0.1, -0.05) is 6.42 Å². The highest BCUT2D eigenvalue weighted by Crippen LogP contribution is 2.24. The van der Waals surface area contributed by atoms with E-state index < -0.39 is 24.0 Å². The molecule has 1 aliphatic carbocycles. The molecule has 0 aliphatic heterocycles.